The Morgan fingerprint density at radius 1 is 1.00 bits per heavy atom. The number of nitrogens with one attached hydrogen (secondary N) is 1. The Morgan fingerprint density at radius 3 is 2.24 bits per heavy atom. The zero-order valence-corrected chi connectivity index (χ0v) is 11.6. The van der Waals surface area contributed by atoms with Crippen LogP contribution in [-0.2, 0) is 0 Å². The lowest BCUT2D eigenvalue weighted by molar-refractivity contribution is 0.135. The Morgan fingerprint density at radius 2 is 1.65 bits per heavy atom. The van der Waals surface area contributed by atoms with E-state index in [-0.39, 0.29) is 0 Å². The first-order valence-corrected chi connectivity index (χ1v) is 7.32. The molecule has 100 valence electrons. The fraction of sp³-hybridized carbons (Fsp3) is 1.00. The second-order valence-corrected chi connectivity index (χ2v) is 6.20. The summed E-state index contributed by atoms with van der Waals surface area (Å²) in [7, 11) is 4.39. The zero-order valence-electron chi connectivity index (χ0n) is 11.6. The average molecular weight is 239 g/mol. The van der Waals surface area contributed by atoms with Crippen molar-refractivity contribution in [3.63, 3.8) is 0 Å². The van der Waals surface area contributed by atoms with Gasteiger partial charge in [0.25, 0.3) is 0 Å². The molecule has 0 aliphatic carbocycles. The second kappa shape index (κ2) is 6.72. The van der Waals surface area contributed by atoms with Crippen LogP contribution in [0.25, 0.3) is 0 Å². The van der Waals surface area contributed by atoms with E-state index in [1.54, 1.807) is 0 Å². The second-order valence-electron chi connectivity index (χ2n) is 6.20. The molecule has 0 aromatic rings. The fourth-order valence-electron chi connectivity index (χ4n) is 3.30. The summed E-state index contributed by atoms with van der Waals surface area (Å²) in [6.07, 6.45) is 5.58. The first kappa shape index (κ1) is 13.3. The smallest absolute Gasteiger partial charge is 0.00106 e. The van der Waals surface area contributed by atoms with Gasteiger partial charge in [0, 0.05) is 13.1 Å². The Kier molecular flexibility index (Phi) is 5.26. The largest absolute Gasteiger partial charge is 0.317 e. The van der Waals surface area contributed by atoms with E-state index in [4.69, 9.17) is 0 Å². The van der Waals surface area contributed by atoms with Crippen molar-refractivity contribution in [1.82, 2.24) is 15.1 Å². The Labute approximate surface area is 107 Å². The number of piperidine rings is 2. The van der Waals surface area contributed by atoms with Gasteiger partial charge in [-0.25, -0.2) is 0 Å². The van der Waals surface area contributed by atoms with E-state index in [0.29, 0.717) is 0 Å². The maximum absolute atomic E-state index is 3.46. The maximum Gasteiger partial charge on any atom is 0.00106 e. The highest BCUT2D eigenvalue weighted by Gasteiger charge is 2.22. The monoisotopic (exact) mass is 239 g/mol. The third-order valence-electron chi connectivity index (χ3n) is 4.31. The van der Waals surface area contributed by atoms with Crippen molar-refractivity contribution in [1.29, 1.82) is 0 Å². The van der Waals surface area contributed by atoms with Gasteiger partial charge < -0.3 is 15.1 Å². The highest BCUT2D eigenvalue weighted by atomic mass is 15.1. The van der Waals surface area contributed by atoms with Crippen LogP contribution >= 0.6 is 0 Å². The summed E-state index contributed by atoms with van der Waals surface area (Å²) in [6.45, 7) is 7.78. The zero-order chi connectivity index (χ0) is 12.1. The van der Waals surface area contributed by atoms with E-state index in [9.17, 15) is 0 Å². The highest BCUT2D eigenvalue weighted by molar-refractivity contribution is 4.77. The van der Waals surface area contributed by atoms with Crippen LogP contribution in [0, 0.1) is 11.8 Å². The van der Waals surface area contributed by atoms with Gasteiger partial charge in [-0.15, -0.1) is 0 Å². The molecule has 2 aliphatic heterocycles. The standard InChI is InChI=1S/C14H29N3/c1-16(2)11-14-5-9-17(10-6-14)12-13-3-7-15-8-4-13/h13-15H,3-12H2,1-2H3. The van der Waals surface area contributed by atoms with Gasteiger partial charge in [-0.3, -0.25) is 0 Å². The number of likely N-dealkylation sites (tertiary alicyclic amines) is 1. The summed E-state index contributed by atoms with van der Waals surface area (Å²) in [5.41, 5.74) is 0. The van der Waals surface area contributed by atoms with Crippen molar-refractivity contribution in [2.75, 3.05) is 53.4 Å². The molecule has 0 amide bonds. The predicted molar refractivity (Wildman–Crippen MR) is 73.3 cm³/mol. The minimum Gasteiger partial charge on any atom is -0.317 e. The van der Waals surface area contributed by atoms with Crippen LogP contribution in [0.3, 0.4) is 0 Å². The van der Waals surface area contributed by atoms with Gasteiger partial charge in [-0.1, -0.05) is 0 Å². The Bertz CT molecular complexity index is 204. The molecule has 0 spiro atoms. The van der Waals surface area contributed by atoms with Crippen LogP contribution in [-0.4, -0.2) is 63.2 Å². The summed E-state index contributed by atoms with van der Waals surface area (Å²) in [5.74, 6) is 1.90. The molecule has 3 heteroatoms. The highest BCUT2D eigenvalue weighted by Crippen LogP contribution is 2.21. The molecule has 0 radical (unpaired) electrons. The predicted octanol–water partition coefficient (Wildman–Crippen LogP) is 1.26. The summed E-state index contributed by atoms with van der Waals surface area (Å²) in [5, 5.41) is 3.46. The van der Waals surface area contributed by atoms with Gasteiger partial charge in [-0.2, -0.15) is 0 Å². The van der Waals surface area contributed by atoms with E-state index >= 15 is 0 Å². The lowest BCUT2D eigenvalue weighted by Gasteiger charge is -2.36. The summed E-state index contributed by atoms with van der Waals surface area (Å²) in [6, 6.07) is 0. The van der Waals surface area contributed by atoms with E-state index in [1.165, 1.54) is 65.0 Å². The molecule has 2 rings (SSSR count). The van der Waals surface area contributed by atoms with Crippen LogP contribution in [0.1, 0.15) is 25.7 Å². The molecule has 0 atom stereocenters. The van der Waals surface area contributed by atoms with E-state index in [2.05, 4.69) is 29.2 Å². The van der Waals surface area contributed by atoms with Crippen LogP contribution in [0.5, 0.6) is 0 Å². The minimum atomic E-state index is 0.939. The molecule has 1 N–H and O–H groups in total. The normalized spacial score (nSPS) is 25.6. The quantitative estimate of drug-likeness (QED) is 0.797. The SMILES string of the molecule is CN(C)CC1CCN(CC2CCNCC2)CC1. The first-order chi connectivity index (χ1) is 8.24. The van der Waals surface area contributed by atoms with Crippen LogP contribution in [0.4, 0.5) is 0 Å². The van der Waals surface area contributed by atoms with Crippen molar-refractivity contribution in [2.45, 2.75) is 25.7 Å². The lowest BCUT2D eigenvalue weighted by atomic mass is 9.93. The molecular weight excluding hydrogens is 210 g/mol. The minimum absolute atomic E-state index is 0.939. The van der Waals surface area contributed by atoms with Crippen molar-refractivity contribution in [3.05, 3.63) is 0 Å². The first-order valence-electron chi connectivity index (χ1n) is 7.32. The van der Waals surface area contributed by atoms with E-state index in [0.717, 1.165) is 11.8 Å². The van der Waals surface area contributed by atoms with Gasteiger partial charge in [0.15, 0.2) is 0 Å². The summed E-state index contributed by atoms with van der Waals surface area (Å²) < 4.78 is 0. The van der Waals surface area contributed by atoms with Gasteiger partial charge in [0.1, 0.15) is 0 Å². The van der Waals surface area contributed by atoms with Gasteiger partial charge in [0.05, 0.1) is 0 Å². The topological polar surface area (TPSA) is 18.5 Å². The molecule has 2 aliphatic rings. The third-order valence-corrected chi connectivity index (χ3v) is 4.31. The molecule has 0 bridgehead atoms. The van der Waals surface area contributed by atoms with Crippen molar-refractivity contribution in [3.8, 4) is 0 Å². The van der Waals surface area contributed by atoms with Crippen molar-refractivity contribution >= 4 is 0 Å². The van der Waals surface area contributed by atoms with Crippen LogP contribution in [0.2, 0.25) is 0 Å². The maximum atomic E-state index is 3.46. The fourth-order valence-corrected chi connectivity index (χ4v) is 3.30. The third kappa shape index (κ3) is 4.57. The number of rotatable bonds is 4. The molecule has 2 heterocycles. The summed E-state index contributed by atoms with van der Waals surface area (Å²) >= 11 is 0. The van der Waals surface area contributed by atoms with Gasteiger partial charge in [0.2, 0.25) is 0 Å². The lowest BCUT2D eigenvalue weighted by Crippen LogP contribution is -2.41. The van der Waals surface area contributed by atoms with Crippen molar-refractivity contribution in [2.24, 2.45) is 11.8 Å². The molecule has 2 fully saturated rings. The molecule has 17 heavy (non-hydrogen) atoms. The van der Waals surface area contributed by atoms with Gasteiger partial charge in [-0.05, 0) is 77.8 Å². The van der Waals surface area contributed by atoms with Crippen molar-refractivity contribution < 1.29 is 0 Å². The van der Waals surface area contributed by atoms with Crippen LogP contribution < -0.4 is 5.32 Å². The number of hydrogen-bond acceptors (Lipinski definition) is 3. The molecular formula is C14H29N3. The molecule has 0 aromatic heterocycles. The molecule has 0 aromatic carbocycles. The van der Waals surface area contributed by atoms with E-state index < -0.39 is 0 Å². The number of nitrogens with zero attached hydrogens (tertiary/aromatic N) is 2. The molecule has 0 unspecified atom stereocenters. The van der Waals surface area contributed by atoms with E-state index in [1.807, 2.05) is 0 Å². The molecule has 0 saturated carbocycles. The van der Waals surface area contributed by atoms with Crippen LogP contribution in [0.15, 0.2) is 0 Å². The molecule has 2 saturated heterocycles. The average Bonchev–Trinajstić information content (AvgIpc) is 2.32. The summed E-state index contributed by atoms with van der Waals surface area (Å²) in [4.78, 5) is 5.05. The Balaban J connectivity index is 1.64. The number of hydrogen-bond donors (Lipinski definition) is 1. The van der Waals surface area contributed by atoms with Gasteiger partial charge >= 0.3 is 0 Å². The molecule has 3 nitrogen and oxygen atoms in total. The Hall–Kier alpha value is -0.120.